The highest BCUT2D eigenvalue weighted by molar-refractivity contribution is 7.16. The molecule has 0 atom stereocenters. The molecule has 0 aliphatic heterocycles. The Morgan fingerprint density at radius 2 is 1.96 bits per heavy atom. The first-order valence-corrected chi connectivity index (χ1v) is 9.84. The van der Waals surface area contributed by atoms with Gasteiger partial charge >= 0.3 is 0 Å². The van der Waals surface area contributed by atoms with E-state index in [2.05, 4.69) is 4.99 Å². The van der Waals surface area contributed by atoms with Crippen molar-refractivity contribution in [3.8, 4) is 0 Å². The highest BCUT2D eigenvalue weighted by Gasteiger charge is 2.13. The van der Waals surface area contributed by atoms with Crippen LogP contribution in [0.5, 0.6) is 0 Å². The molecule has 0 aliphatic rings. The molecule has 1 amide bonds. The van der Waals surface area contributed by atoms with E-state index >= 15 is 0 Å². The summed E-state index contributed by atoms with van der Waals surface area (Å²) in [5.74, 6) is -0.199. The molecule has 1 heterocycles. The third-order valence-electron chi connectivity index (χ3n) is 3.82. The van der Waals surface area contributed by atoms with Gasteiger partial charge in [0, 0.05) is 13.2 Å². The van der Waals surface area contributed by atoms with Crippen molar-refractivity contribution in [3.05, 3.63) is 62.9 Å². The van der Waals surface area contributed by atoms with Crippen molar-refractivity contribution >= 4 is 50.7 Å². The standard InChI is InChI=1S/C19H18Cl2N2O2S/c1-2-25-11-10-23-18-15(9-8-14(20)17(18)21)26-19(23)22-16(24)12-13-6-4-3-5-7-13/h3-9H,2,10-12H2,1H3. The molecular formula is C19H18Cl2N2O2S. The van der Waals surface area contributed by atoms with Crippen molar-refractivity contribution in [2.24, 2.45) is 4.99 Å². The van der Waals surface area contributed by atoms with Gasteiger partial charge in [-0.05, 0) is 24.6 Å². The van der Waals surface area contributed by atoms with Gasteiger partial charge in [0.25, 0.3) is 5.91 Å². The molecule has 1 aromatic heterocycles. The van der Waals surface area contributed by atoms with Crippen molar-refractivity contribution in [2.75, 3.05) is 13.2 Å². The first-order valence-electron chi connectivity index (χ1n) is 8.26. The molecule has 0 saturated carbocycles. The molecule has 0 unspecified atom stereocenters. The second kappa shape index (κ2) is 8.82. The summed E-state index contributed by atoms with van der Waals surface area (Å²) in [5, 5.41) is 0.943. The van der Waals surface area contributed by atoms with Gasteiger partial charge in [-0.2, -0.15) is 4.99 Å². The van der Waals surface area contributed by atoms with E-state index in [1.54, 1.807) is 6.07 Å². The summed E-state index contributed by atoms with van der Waals surface area (Å²) in [5.41, 5.74) is 1.72. The summed E-state index contributed by atoms with van der Waals surface area (Å²) in [7, 11) is 0. The van der Waals surface area contributed by atoms with Gasteiger partial charge in [-0.1, -0.05) is 64.9 Å². The van der Waals surface area contributed by atoms with Gasteiger partial charge in [0.2, 0.25) is 0 Å². The predicted octanol–water partition coefficient (Wildman–Crippen LogP) is 4.72. The summed E-state index contributed by atoms with van der Waals surface area (Å²) >= 11 is 14.0. The number of carbonyl (C=O) groups excluding carboxylic acids is 1. The van der Waals surface area contributed by atoms with Gasteiger partial charge in [-0.15, -0.1) is 0 Å². The lowest BCUT2D eigenvalue weighted by atomic mass is 10.1. The summed E-state index contributed by atoms with van der Waals surface area (Å²) in [4.78, 5) is 17.4. The Morgan fingerprint density at radius 3 is 2.69 bits per heavy atom. The second-order valence-electron chi connectivity index (χ2n) is 5.61. The lowest BCUT2D eigenvalue weighted by molar-refractivity contribution is -0.117. The average molecular weight is 409 g/mol. The van der Waals surface area contributed by atoms with Crippen molar-refractivity contribution in [3.63, 3.8) is 0 Å². The van der Waals surface area contributed by atoms with Crippen molar-refractivity contribution in [1.29, 1.82) is 0 Å². The lowest BCUT2D eigenvalue weighted by Gasteiger charge is -2.07. The summed E-state index contributed by atoms with van der Waals surface area (Å²) < 4.78 is 8.30. The molecule has 3 rings (SSSR count). The number of thiazole rings is 1. The number of nitrogens with zero attached hydrogens (tertiary/aromatic N) is 2. The number of amides is 1. The van der Waals surface area contributed by atoms with E-state index in [1.165, 1.54) is 11.3 Å². The van der Waals surface area contributed by atoms with Crippen molar-refractivity contribution in [2.45, 2.75) is 19.9 Å². The number of hydrogen-bond acceptors (Lipinski definition) is 3. The lowest BCUT2D eigenvalue weighted by Crippen LogP contribution is -2.20. The van der Waals surface area contributed by atoms with Gasteiger partial charge in [0.1, 0.15) is 0 Å². The van der Waals surface area contributed by atoms with Crippen LogP contribution in [-0.4, -0.2) is 23.7 Å². The molecule has 0 saturated heterocycles. The zero-order valence-electron chi connectivity index (χ0n) is 14.2. The van der Waals surface area contributed by atoms with Gasteiger partial charge in [-0.3, -0.25) is 4.79 Å². The van der Waals surface area contributed by atoms with Crippen molar-refractivity contribution in [1.82, 2.24) is 4.57 Å². The molecule has 26 heavy (non-hydrogen) atoms. The molecule has 2 aromatic carbocycles. The van der Waals surface area contributed by atoms with E-state index in [9.17, 15) is 4.79 Å². The van der Waals surface area contributed by atoms with Crippen LogP contribution in [0.1, 0.15) is 12.5 Å². The molecule has 0 fully saturated rings. The second-order valence-corrected chi connectivity index (χ2v) is 7.40. The zero-order valence-corrected chi connectivity index (χ0v) is 16.6. The minimum Gasteiger partial charge on any atom is -0.380 e. The number of ether oxygens (including phenoxy) is 1. The van der Waals surface area contributed by atoms with Gasteiger partial charge < -0.3 is 9.30 Å². The third-order valence-corrected chi connectivity index (χ3v) is 5.65. The Hall–Kier alpha value is -1.66. The molecule has 4 nitrogen and oxygen atoms in total. The van der Waals surface area contributed by atoms with Crippen LogP contribution in [0.4, 0.5) is 0 Å². The van der Waals surface area contributed by atoms with Crippen LogP contribution < -0.4 is 4.80 Å². The van der Waals surface area contributed by atoms with Crippen LogP contribution in [0, 0.1) is 0 Å². The fourth-order valence-corrected chi connectivity index (χ4v) is 4.17. The summed E-state index contributed by atoms with van der Waals surface area (Å²) in [6.45, 7) is 3.61. The molecule has 7 heteroatoms. The van der Waals surface area contributed by atoms with Crippen LogP contribution >= 0.6 is 34.5 Å². The van der Waals surface area contributed by atoms with E-state index in [-0.39, 0.29) is 12.3 Å². The first kappa shape index (κ1) is 19.1. The quantitative estimate of drug-likeness (QED) is 0.553. The minimum absolute atomic E-state index is 0.199. The van der Waals surface area contributed by atoms with Crippen LogP contribution in [0.15, 0.2) is 47.5 Å². The molecule has 0 aliphatic carbocycles. The molecule has 136 valence electrons. The Labute approximate surface area is 165 Å². The number of rotatable bonds is 6. The Morgan fingerprint density at radius 1 is 1.19 bits per heavy atom. The molecule has 0 bridgehead atoms. The number of hydrogen-bond donors (Lipinski definition) is 0. The SMILES string of the molecule is CCOCCn1c(=NC(=O)Cc2ccccc2)sc2ccc(Cl)c(Cl)c21. The predicted molar refractivity (Wildman–Crippen MR) is 107 cm³/mol. The molecule has 0 radical (unpaired) electrons. The fraction of sp³-hybridized carbons (Fsp3) is 0.263. The Bertz CT molecular complexity index is 980. The van der Waals surface area contributed by atoms with E-state index in [0.29, 0.717) is 34.6 Å². The summed E-state index contributed by atoms with van der Waals surface area (Å²) in [6.07, 6.45) is 0.259. The maximum Gasteiger partial charge on any atom is 0.252 e. The normalized spacial score (nSPS) is 12.0. The Kier molecular flexibility index (Phi) is 6.48. The van der Waals surface area contributed by atoms with Crippen molar-refractivity contribution < 1.29 is 9.53 Å². The number of aromatic nitrogens is 1. The highest BCUT2D eigenvalue weighted by Crippen LogP contribution is 2.32. The molecule has 0 N–H and O–H groups in total. The average Bonchev–Trinajstić information content (AvgIpc) is 2.97. The number of carbonyl (C=O) groups is 1. The van der Waals surface area contributed by atoms with Gasteiger partial charge in [-0.25, -0.2) is 0 Å². The zero-order chi connectivity index (χ0) is 18.5. The smallest absolute Gasteiger partial charge is 0.252 e. The van der Waals surface area contributed by atoms with Gasteiger partial charge in [0.05, 0.1) is 33.3 Å². The fourth-order valence-electron chi connectivity index (χ4n) is 2.61. The van der Waals surface area contributed by atoms with Crippen LogP contribution in [-0.2, 0) is 22.5 Å². The maximum absolute atomic E-state index is 12.4. The number of halogens is 2. The first-order chi connectivity index (χ1) is 12.6. The monoisotopic (exact) mass is 408 g/mol. The Balaban J connectivity index is 2.01. The number of benzene rings is 2. The van der Waals surface area contributed by atoms with E-state index < -0.39 is 0 Å². The third kappa shape index (κ3) is 4.35. The topological polar surface area (TPSA) is 43.6 Å². The van der Waals surface area contributed by atoms with E-state index in [4.69, 9.17) is 27.9 Å². The summed E-state index contributed by atoms with van der Waals surface area (Å²) in [6, 6.07) is 13.2. The van der Waals surface area contributed by atoms with Crippen LogP contribution in [0.3, 0.4) is 0 Å². The van der Waals surface area contributed by atoms with E-state index in [1.807, 2.05) is 47.9 Å². The van der Waals surface area contributed by atoms with Gasteiger partial charge in [0.15, 0.2) is 4.80 Å². The molecular weight excluding hydrogens is 391 g/mol. The number of fused-ring (bicyclic) bond motifs is 1. The maximum atomic E-state index is 12.4. The van der Waals surface area contributed by atoms with E-state index in [0.717, 1.165) is 15.8 Å². The van der Waals surface area contributed by atoms with Crippen LogP contribution in [0.2, 0.25) is 10.0 Å². The highest BCUT2D eigenvalue weighted by atomic mass is 35.5. The largest absolute Gasteiger partial charge is 0.380 e. The van der Waals surface area contributed by atoms with Crippen LogP contribution in [0.25, 0.3) is 10.2 Å². The molecule has 0 spiro atoms. The minimum atomic E-state index is -0.199. The molecule has 3 aromatic rings.